The van der Waals surface area contributed by atoms with Crippen molar-refractivity contribution in [2.45, 2.75) is 46.6 Å². The van der Waals surface area contributed by atoms with Gasteiger partial charge < -0.3 is 9.84 Å². The topological polar surface area (TPSA) is 51.0 Å². The Bertz CT molecular complexity index is 281. The van der Waals surface area contributed by atoms with Gasteiger partial charge in [-0.2, -0.15) is 4.98 Å². The largest absolute Gasteiger partial charge is 0.335 e. The molecule has 1 aromatic heterocycles. The third-order valence-electron chi connectivity index (χ3n) is 2.31. The number of hydrogen-bond donors (Lipinski definition) is 1. The van der Waals surface area contributed by atoms with Crippen molar-refractivity contribution in [1.82, 2.24) is 10.1 Å². The Morgan fingerprint density at radius 3 is 2.21 bits per heavy atom. The molecule has 14 heavy (non-hydrogen) atoms. The van der Waals surface area contributed by atoms with Crippen LogP contribution < -0.4 is 5.32 Å². The van der Waals surface area contributed by atoms with E-state index in [1.54, 1.807) is 0 Å². The molecule has 1 N–H and O–H groups in total. The third-order valence-corrected chi connectivity index (χ3v) is 2.31. The monoisotopic (exact) mass is 197 g/mol. The molecule has 1 rings (SSSR count). The lowest BCUT2D eigenvalue weighted by atomic mass is 10.1. The van der Waals surface area contributed by atoms with Gasteiger partial charge >= 0.3 is 6.01 Å². The highest BCUT2D eigenvalue weighted by Crippen LogP contribution is 2.14. The normalized spacial score (nSPS) is 13.6. The first-order valence-electron chi connectivity index (χ1n) is 5.10. The van der Waals surface area contributed by atoms with Gasteiger partial charge in [0.15, 0.2) is 5.82 Å². The molecule has 0 aromatic carbocycles. The van der Waals surface area contributed by atoms with Gasteiger partial charge in [0.2, 0.25) is 0 Å². The number of nitrogens with zero attached hydrogens (tertiary/aromatic N) is 2. The van der Waals surface area contributed by atoms with E-state index in [1.165, 1.54) is 0 Å². The van der Waals surface area contributed by atoms with Crippen LogP contribution >= 0.6 is 0 Å². The molecule has 0 amide bonds. The second-order valence-corrected chi connectivity index (χ2v) is 4.29. The summed E-state index contributed by atoms with van der Waals surface area (Å²) in [6.07, 6.45) is 0. The molecule has 0 radical (unpaired) electrons. The van der Waals surface area contributed by atoms with E-state index in [9.17, 15) is 0 Å². The van der Waals surface area contributed by atoms with Gasteiger partial charge in [0.25, 0.3) is 0 Å². The fraction of sp³-hybridized carbons (Fsp3) is 0.800. The maximum Gasteiger partial charge on any atom is 0.321 e. The van der Waals surface area contributed by atoms with E-state index in [2.05, 4.69) is 36.2 Å². The molecule has 0 fully saturated rings. The Kier molecular flexibility index (Phi) is 3.49. The molecule has 4 heteroatoms. The first-order valence-corrected chi connectivity index (χ1v) is 5.10. The van der Waals surface area contributed by atoms with Crippen molar-refractivity contribution >= 4 is 6.01 Å². The van der Waals surface area contributed by atoms with Gasteiger partial charge in [-0.3, -0.25) is 0 Å². The average molecular weight is 197 g/mol. The Morgan fingerprint density at radius 2 is 1.79 bits per heavy atom. The highest BCUT2D eigenvalue weighted by Gasteiger charge is 2.13. The highest BCUT2D eigenvalue weighted by molar-refractivity contribution is 5.20. The summed E-state index contributed by atoms with van der Waals surface area (Å²) in [5, 5.41) is 7.06. The van der Waals surface area contributed by atoms with E-state index < -0.39 is 0 Å². The second-order valence-electron chi connectivity index (χ2n) is 4.29. The van der Waals surface area contributed by atoms with Gasteiger partial charge in [0.1, 0.15) is 0 Å². The van der Waals surface area contributed by atoms with Crippen LogP contribution in [0.1, 0.15) is 46.4 Å². The first-order chi connectivity index (χ1) is 6.50. The Balaban J connectivity index is 2.60. The van der Waals surface area contributed by atoms with Crippen molar-refractivity contribution in [2.75, 3.05) is 5.32 Å². The van der Waals surface area contributed by atoms with Crippen molar-refractivity contribution in [3.8, 4) is 0 Å². The SMILES string of the molecule is CC(C)c1noc(NC(C)C(C)C)n1. The highest BCUT2D eigenvalue weighted by atomic mass is 16.5. The van der Waals surface area contributed by atoms with E-state index in [4.69, 9.17) is 4.52 Å². The van der Waals surface area contributed by atoms with E-state index in [1.807, 2.05) is 13.8 Å². The molecule has 1 aromatic rings. The summed E-state index contributed by atoms with van der Waals surface area (Å²) >= 11 is 0. The second kappa shape index (κ2) is 4.44. The quantitative estimate of drug-likeness (QED) is 0.806. The summed E-state index contributed by atoms with van der Waals surface area (Å²) in [5.41, 5.74) is 0. The van der Waals surface area contributed by atoms with E-state index >= 15 is 0 Å². The van der Waals surface area contributed by atoms with Gasteiger partial charge in [-0.1, -0.05) is 32.9 Å². The Morgan fingerprint density at radius 1 is 1.14 bits per heavy atom. The van der Waals surface area contributed by atoms with Gasteiger partial charge in [-0.25, -0.2) is 0 Å². The van der Waals surface area contributed by atoms with Gasteiger partial charge in [0.05, 0.1) is 0 Å². The number of hydrogen-bond acceptors (Lipinski definition) is 4. The molecule has 0 bridgehead atoms. The lowest BCUT2D eigenvalue weighted by Gasteiger charge is -2.14. The molecule has 80 valence electrons. The van der Waals surface area contributed by atoms with Crippen LogP contribution in [0.15, 0.2) is 4.52 Å². The van der Waals surface area contributed by atoms with Crippen molar-refractivity contribution in [2.24, 2.45) is 5.92 Å². The van der Waals surface area contributed by atoms with Gasteiger partial charge in [-0.15, -0.1) is 0 Å². The van der Waals surface area contributed by atoms with Gasteiger partial charge in [-0.05, 0) is 12.8 Å². The smallest absolute Gasteiger partial charge is 0.321 e. The maximum absolute atomic E-state index is 5.07. The summed E-state index contributed by atoms with van der Waals surface area (Å²) in [6, 6.07) is 0.866. The molecule has 4 nitrogen and oxygen atoms in total. The minimum Gasteiger partial charge on any atom is -0.335 e. The molecule has 0 aliphatic rings. The lowest BCUT2D eigenvalue weighted by molar-refractivity contribution is 0.410. The van der Waals surface area contributed by atoms with Crippen LogP contribution in [0.4, 0.5) is 6.01 Å². The van der Waals surface area contributed by atoms with Crippen LogP contribution in [0, 0.1) is 5.92 Å². The standard InChI is InChI=1S/C10H19N3O/c1-6(2)8(5)11-10-12-9(7(3)4)13-14-10/h6-8H,1-5H3,(H,11,12,13). The molecule has 1 unspecified atom stereocenters. The third kappa shape index (κ3) is 2.72. The molecule has 0 aliphatic heterocycles. The molecule has 0 spiro atoms. The fourth-order valence-corrected chi connectivity index (χ4v) is 0.889. The van der Waals surface area contributed by atoms with Crippen LogP contribution in [-0.4, -0.2) is 16.2 Å². The zero-order valence-corrected chi connectivity index (χ0v) is 9.53. The van der Waals surface area contributed by atoms with E-state index in [0.29, 0.717) is 23.9 Å². The number of nitrogens with one attached hydrogen (secondary N) is 1. The lowest BCUT2D eigenvalue weighted by Crippen LogP contribution is -2.21. The Hall–Kier alpha value is -1.06. The predicted octanol–water partition coefficient (Wildman–Crippen LogP) is 2.65. The zero-order chi connectivity index (χ0) is 10.7. The van der Waals surface area contributed by atoms with Crippen LogP contribution in [0.25, 0.3) is 0 Å². The summed E-state index contributed by atoms with van der Waals surface area (Å²) in [4.78, 5) is 4.24. The van der Waals surface area contributed by atoms with Crippen molar-refractivity contribution in [3.63, 3.8) is 0 Å². The number of aromatic nitrogens is 2. The first kappa shape index (κ1) is 11.0. The van der Waals surface area contributed by atoms with E-state index in [0.717, 1.165) is 5.82 Å². The number of anilines is 1. The Labute approximate surface area is 85.1 Å². The summed E-state index contributed by atoms with van der Waals surface area (Å²) in [6.45, 7) is 10.5. The molecule has 0 aliphatic carbocycles. The number of rotatable bonds is 4. The predicted molar refractivity (Wildman–Crippen MR) is 56.3 cm³/mol. The summed E-state index contributed by atoms with van der Waals surface area (Å²) in [5.74, 6) is 1.61. The fourth-order valence-electron chi connectivity index (χ4n) is 0.889. The minimum atomic E-state index is 0.309. The van der Waals surface area contributed by atoms with E-state index in [-0.39, 0.29) is 0 Å². The van der Waals surface area contributed by atoms with Crippen molar-refractivity contribution < 1.29 is 4.52 Å². The molecular formula is C10H19N3O. The zero-order valence-electron chi connectivity index (χ0n) is 9.53. The molecular weight excluding hydrogens is 178 g/mol. The van der Waals surface area contributed by atoms with Crippen LogP contribution in [0.2, 0.25) is 0 Å². The summed E-state index contributed by atoms with van der Waals surface area (Å²) in [7, 11) is 0. The molecule has 0 saturated heterocycles. The summed E-state index contributed by atoms with van der Waals surface area (Å²) < 4.78 is 5.07. The molecule has 1 heterocycles. The minimum absolute atomic E-state index is 0.309. The van der Waals surface area contributed by atoms with Crippen LogP contribution in [-0.2, 0) is 0 Å². The van der Waals surface area contributed by atoms with Crippen LogP contribution in [0.5, 0.6) is 0 Å². The van der Waals surface area contributed by atoms with Crippen LogP contribution in [0.3, 0.4) is 0 Å². The van der Waals surface area contributed by atoms with Crippen molar-refractivity contribution in [3.05, 3.63) is 5.82 Å². The van der Waals surface area contributed by atoms with Crippen molar-refractivity contribution in [1.29, 1.82) is 0 Å². The average Bonchev–Trinajstić information content (AvgIpc) is 2.52. The maximum atomic E-state index is 5.07. The molecule has 1 atom stereocenters. The molecule has 0 saturated carbocycles. The van der Waals surface area contributed by atoms with Gasteiger partial charge in [0, 0.05) is 12.0 Å².